The second-order valence-electron chi connectivity index (χ2n) is 6.09. The zero-order chi connectivity index (χ0) is 18.3. The smallest absolute Gasteiger partial charge is 0.336 e. The van der Waals surface area contributed by atoms with E-state index in [0.717, 1.165) is 33.7 Å². The number of aryl methyl sites for hydroxylation is 2. The molecule has 6 heteroatoms. The molecule has 0 bridgehead atoms. The highest BCUT2D eigenvalue weighted by molar-refractivity contribution is 7.98. The summed E-state index contributed by atoms with van der Waals surface area (Å²) in [6.45, 7) is 4.67. The lowest BCUT2D eigenvalue weighted by Gasteiger charge is -2.09. The maximum Gasteiger partial charge on any atom is 0.336 e. The Morgan fingerprint density at radius 1 is 1.23 bits per heavy atom. The van der Waals surface area contributed by atoms with Crippen LogP contribution in [-0.4, -0.2) is 14.7 Å². The molecule has 2 aromatic heterocycles. The molecule has 26 heavy (non-hydrogen) atoms. The summed E-state index contributed by atoms with van der Waals surface area (Å²) in [6, 6.07) is 13.0. The average Bonchev–Trinajstić information content (AvgIpc) is 3.00. The van der Waals surface area contributed by atoms with Gasteiger partial charge >= 0.3 is 5.63 Å². The maximum atomic E-state index is 12.0. The molecular weight excluding hydrogens is 348 g/mol. The normalized spacial score (nSPS) is 11.5. The molecule has 0 fully saturated rings. The van der Waals surface area contributed by atoms with E-state index in [4.69, 9.17) is 9.40 Å². The molecule has 0 spiro atoms. The van der Waals surface area contributed by atoms with Crippen molar-refractivity contribution in [3.63, 3.8) is 0 Å². The Balaban J connectivity index is 1.75. The Morgan fingerprint density at radius 2 is 2.04 bits per heavy atom. The van der Waals surface area contributed by atoms with Crippen LogP contribution in [0.5, 0.6) is 5.75 Å². The topological polar surface area (TPSA) is 68.3 Å². The minimum Gasteiger partial charge on any atom is -0.508 e. The van der Waals surface area contributed by atoms with Gasteiger partial charge in [-0.1, -0.05) is 23.9 Å². The zero-order valence-corrected chi connectivity index (χ0v) is 15.3. The lowest BCUT2D eigenvalue weighted by atomic mass is 10.1. The first kappa shape index (κ1) is 16.7. The Bertz CT molecular complexity index is 1180. The molecule has 0 radical (unpaired) electrons. The van der Waals surface area contributed by atoms with E-state index >= 15 is 0 Å². The number of benzene rings is 2. The molecule has 2 aromatic carbocycles. The number of fused-ring (bicyclic) bond motifs is 2. The molecule has 132 valence electrons. The minimum absolute atomic E-state index is 0.123. The van der Waals surface area contributed by atoms with Crippen LogP contribution in [-0.2, 0) is 12.3 Å². The lowest BCUT2D eigenvalue weighted by Crippen LogP contribution is -2.02. The molecule has 0 saturated carbocycles. The van der Waals surface area contributed by atoms with Gasteiger partial charge in [0.2, 0.25) is 0 Å². The standard InChI is InChI=1S/C20H18N2O3S/c1-3-22-16-7-5-4-6-15(16)21-20(22)26-11-13-10-18(24)25-19-12(2)17(23)9-8-14(13)19/h4-10,23H,3,11H2,1-2H3. The van der Waals surface area contributed by atoms with Crippen molar-refractivity contribution in [1.29, 1.82) is 0 Å². The monoisotopic (exact) mass is 366 g/mol. The average molecular weight is 366 g/mol. The van der Waals surface area contributed by atoms with Gasteiger partial charge in [-0.15, -0.1) is 0 Å². The first-order chi connectivity index (χ1) is 12.6. The highest BCUT2D eigenvalue weighted by atomic mass is 32.2. The van der Waals surface area contributed by atoms with E-state index in [2.05, 4.69) is 17.6 Å². The molecule has 4 rings (SSSR count). The Kier molecular flexibility index (Phi) is 4.20. The number of rotatable bonds is 4. The summed E-state index contributed by atoms with van der Waals surface area (Å²) in [4.78, 5) is 16.7. The molecule has 0 aliphatic rings. The van der Waals surface area contributed by atoms with E-state index in [1.54, 1.807) is 30.8 Å². The molecule has 4 aromatic rings. The van der Waals surface area contributed by atoms with Crippen LogP contribution < -0.4 is 5.63 Å². The van der Waals surface area contributed by atoms with Gasteiger partial charge in [-0.25, -0.2) is 9.78 Å². The van der Waals surface area contributed by atoms with E-state index in [9.17, 15) is 9.90 Å². The lowest BCUT2D eigenvalue weighted by molar-refractivity contribution is 0.468. The van der Waals surface area contributed by atoms with Crippen molar-refractivity contribution in [2.45, 2.75) is 31.3 Å². The van der Waals surface area contributed by atoms with Crippen LogP contribution in [0.15, 0.2) is 56.8 Å². The third-order valence-corrected chi connectivity index (χ3v) is 5.54. The van der Waals surface area contributed by atoms with Crippen molar-refractivity contribution < 1.29 is 9.52 Å². The van der Waals surface area contributed by atoms with Crippen molar-refractivity contribution in [2.75, 3.05) is 0 Å². The number of hydrogen-bond donors (Lipinski definition) is 1. The van der Waals surface area contributed by atoms with Gasteiger partial charge in [-0.2, -0.15) is 0 Å². The number of nitrogens with zero attached hydrogens (tertiary/aromatic N) is 2. The first-order valence-corrected chi connectivity index (χ1v) is 9.40. The predicted octanol–water partition coefficient (Wildman–Crippen LogP) is 4.47. The summed E-state index contributed by atoms with van der Waals surface area (Å²) >= 11 is 1.59. The van der Waals surface area contributed by atoms with Gasteiger partial charge in [0.05, 0.1) is 11.0 Å². The fourth-order valence-corrected chi connectivity index (χ4v) is 4.22. The van der Waals surface area contributed by atoms with Gasteiger partial charge in [0.25, 0.3) is 0 Å². The fourth-order valence-electron chi connectivity index (χ4n) is 3.15. The summed E-state index contributed by atoms with van der Waals surface area (Å²) in [5, 5.41) is 11.6. The number of imidazole rings is 1. The van der Waals surface area contributed by atoms with Crippen molar-refractivity contribution in [2.24, 2.45) is 0 Å². The molecule has 1 N–H and O–H groups in total. The summed E-state index contributed by atoms with van der Waals surface area (Å²) in [6.07, 6.45) is 0. The SMILES string of the molecule is CCn1c(SCc2cc(=O)oc3c(C)c(O)ccc23)nc2ccccc21. The second-order valence-corrected chi connectivity index (χ2v) is 7.04. The van der Waals surface area contributed by atoms with Gasteiger partial charge in [0.1, 0.15) is 11.3 Å². The van der Waals surface area contributed by atoms with Gasteiger partial charge in [-0.3, -0.25) is 0 Å². The third kappa shape index (κ3) is 2.76. The van der Waals surface area contributed by atoms with E-state index in [1.807, 2.05) is 18.2 Å². The highest BCUT2D eigenvalue weighted by Gasteiger charge is 2.14. The molecule has 0 unspecified atom stereocenters. The number of thioether (sulfide) groups is 1. The zero-order valence-electron chi connectivity index (χ0n) is 14.5. The molecule has 0 amide bonds. The molecule has 0 saturated heterocycles. The van der Waals surface area contributed by atoms with Gasteiger partial charge in [0.15, 0.2) is 5.16 Å². The van der Waals surface area contributed by atoms with Crippen LogP contribution in [0.25, 0.3) is 22.0 Å². The van der Waals surface area contributed by atoms with E-state index < -0.39 is 5.63 Å². The van der Waals surface area contributed by atoms with Crippen molar-refractivity contribution >= 4 is 33.8 Å². The van der Waals surface area contributed by atoms with Crippen LogP contribution in [0.1, 0.15) is 18.1 Å². The Hall–Kier alpha value is -2.73. The van der Waals surface area contributed by atoms with Crippen molar-refractivity contribution in [1.82, 2.24) is 9.55 Å². The summed E-state index contributed by atoms with van der Waals surface area (Å²) in [5.41, 5.74) is 3.56. The summed E-state index contributed by atoms with van der Waals surface area (Å²) in [5.74, 6) is 0.716. The number of phenolic OH excluding ortho intramolecular Hbond substituents is 1. The quantitative estimate of drug-likeness (QED) is 0.426. The number of phenols is 1. The Morgan fingerprint density at radius 3 is 2.85 bits per heavy atom. The number of para-hydroxylation sites is 2. The van der Waals surface area contributed by atoms with Gasteiger partial charge in [-0.05, 0) is 43.7 Å². The van der Waals surface area contributed by atoms with Gasteiger partial charge in [0, 0.05) is 29.3 Å². The number of aromatic hydroxyl groups is 1. The molecule has 2 heterocycles. The molecular formula is C20H18N2O3S. The van der Waals surface area contributed by atoms with Crippen LogP contribution in [0.2, 0.25) is 0 Å². The third-order valence-electron chi connectivity index (χ3n) is 4.51. The number of hydrogen-bond acceptors (Lipinski definition) is 5. The largest absolute Gasteiger partial charge is 0.508 e. The van der Waals surface area contributed by atoms with Gasteiger partial charge < -0.3 is 14.1 Å². The first-order valence-electron chi connectivity index (χ1n) is 8.42. The van der Waals surface area contributed by atoms with Crippen LogP contribution in [0.4, 0.5) is 0 Å². The fraction of sp³-hybridized carbons (Fsp3) is 0.200. The molecule has 5 nitrogen and oxygen atoms in total. The van der Waals surface area contributed by atoms with Crippen molar-refractivity contribution in [3.8, 4) is 5.75 Å². The Labute approximate surface area is 154 Å². The predicted molar refractivity (Wildman–Crippen MR) is 104 cm³/mol. The maximum absolute atomic E-state index is 12.0. The van der Waals surface area contributed by atoms with E-state index in [-0.39, 0.29) is 5.75 Å². The number of aromatic nitrogens is 2. The minimum atomic E-state index is -0.411. The highest BCUT2D eigenvalue weighted by Crippen LogP contribution is 2.31. The molecule has 0 aliphatic carbocycles. The summed E-state index contributed by atoms with van der Waals surface area (Å²) in [7, 11) is 0. The van der Waals surface area contributed by atoms with Crippen molar-refractivity contribution in [3.05, 3.63) is 64.0 Å². The molecule has 0 aliphatic heterocycles. The summed E-state index contributed by atoms with van der Waals surface area (Å²) < 4.78 is 7.48. The van der Waals surface area contributed by atoms with E-state index in [0.29, 0.717) is 16.9 Å². The van der Waals surface area contributed by atoms with Crippen LogP contribution in [0.3, 0.4) is 0 Å². The second kappa shape index (κ2) is 6.53. The van der Waals surface area contributed by atoms with E-state index in [1.165, 1.54) is 6.07 Å². The van der Waals surface area contributed by atoms with Crippen LogP contribution in [0, 0.1) is 6.92 Å². The molecule has 0 atom stereocenters. The van der Waals surface area contributed by atoms with Crippen LogP contribution >= 0.6 is 11.8 Å².